The molecule has 3 rings (SSSR count). The minimum absolute atomic E-state index is 0. The number of hydrogen-bond donors (Lipinski definition) is 3. The lowest BCUT2D eigenvalue weighted by atomic mass is 10.00. The molecule has 1 aliphatic heterocycles. The third-order valence-electron chi connectivity index (χ3n) is 4.78. The third-order valence-corrected chi connectivity index (χ3v) is 5.76. The zero-order valence-corrected chi connectivity index (χ0v) is 20.4. The van der Waals surface area contributed by atoms with E-state index in [-0.39, 0.29) is 24.0 Å². The van der Waals surface area contributed by atoms with E-state index in [0.29, 0.717) is 13.1 Å². The number of benzene rings is 1. The van der Waals surface area contributed by atoms with Crippen molar-refractivity contribution in [3.63, 3.8) is 0 Å². The number of hydrogen-bond acceptors (Lipinski definition) is 5. The number of rotatable bonds is 8. The van der Waals surface area contributed by atoms with Crippen molar-refractivity contribution in [3.8, 4) is 0 Å². The Morgan fingerprint density at radius 2 is 2.10 bits per heavy atom. The molecule has 1 unspecified atom stereocenters. The van der Waals surface area contributed by atoms with E-state index in [9.17, 15) is 5.11 Å². The van der Waals surface area contributed by atoms with E-state index in [1.165, 1.54) is 16.0 Å². The fourth-order valence-electron chi connectivity index (χ4n) is 3.41. The first-order valence-electron chi connectivity index (χ1n) is 10.0. The second kappa shape index (κ2) is 12.5. The predicted molar refractivity (Wildman–Crippen MR) is 131 cm³/mol. The summed E-state index contributed by atoms with van der Waals surface area (Å²) in [7, 11) is 0. The van der Waals surface area contributed by atoms with E-state index in [4.69, 9.17) is 0 Å². The van der Waals surface area contributed by atoms with Crippen molar-refractivity contribution in [2.45, 2.75) is 39.3 Å². The SMILES string of the molecule is CCNC(=NCC(O)CN1CCc2ccccc2C1)NCCc1ncc(C)s1.I. The van der Waals surface area contributed by atoms with Gasteiger partial charge < -0.3 is 15.7 Å². The first kappa shape index (κ1) is 24.0. The molecule has 0 amide bonds. The molecule has 8 heteroatoms. The van der Waals surface area contributed by atoms with E-state index < -0.39 is 6.10 Å². The third kappa shape index (κ3) is 7.84. The van der Waals surface area contributed by atoms with Crippen LogP contribution in [0.5, 0.6) is 0 Å². The average Bonchev–Trinajstić information content (AvgIpc) is 3.11. The van der Waals surface area contributed by atoms with Crippen molar-refractivity contribution in [3.05, 3.63) is 51.5 Å². The Kier molecular flexibility index (Phi) is 10.3. The zero-order chi connectivity index (χ0) is 19.8. The molecule has 0 aliphatic carbocycles. The fraction of sp³-hybridized carbons (Fsp3) is 0.524. The molecule has 1 aliphatic rings. The Morgan fingerprint density at radius 1 is 1.31 bits per heavy atom. The van der Waals surface area contributed by atoms with Gasteiger partial charge in [0, 0.05) is 50.2 Å². The fourth-order valence-corrected chi connectivity index (χ4v) is 4.20. The number of aromatic nitrogens is 1. The number of aryl methyl sites for hydroxylation is 1. The Labute approximate surface area is 194 Å². The van der Waals surface area contributed by atoms with Crippen molar-refractivity contribution in [1.82, 2.24) is 20.5 Å². The van der Waals surface area contributed by atoms with Gasteiger partial charge in [0.25, 0.3) is 0 Å². The zero-order valence-electron chi connectivity index (χ0n) is 17.2. The summed E-state index contributed by atoms with van der Waals surface area (Å²) in [6, 6.07) is 8.57. The highest BCUT2D eigenvalue weighted by Gasteiger charge is 2.18. The molecule has 1 aromatic heterocycles. The number of thiazole rings is 1. The van der Waals surface area contributed by atoms with E-state index >= 15 is 0 Å². The number of aliphatic imine (C=N–C) groups is 1. The van der Waals surface area contributed by atoms with Gasteiger partial charge in [0.05, 0.1) is 17.7 Å². The molecule has 0 fully saturated rings. The lowest BCUT2D eigenvalue weighted by molar-refractivity contribution is 0.111. The van der Waals surface area contributed by atoms with Crippen molar-refractivity contribution in [2.75, 3.05) is 32.7 Å². The number of aliphatic hydroxyl groups is 1. The Balaban J connectivity index is 0.00000300. The van der Waals surface area contributed by atoms with Gasteiger partial charge in [0.1, 0.15) is 0 Å². The minimum Gasteiger partial charge on any atom is -0.390 e. The molecule has 0 spiro atoms. The highest BCUT2D eigenvalue weighted by atomic mass is 127. The maximum absolute atomic E-state index is 10.5. The first-order chi connectivity index (χ1) is 13.6. The van der Waals surface area contributed by atoms with Gasteiger partial charge in [-0.2, -0.15) is 0 Å². The largest absolute Gasteiger partial charge is 0.390 e. The molecule has 0 saturated carbocycles. The smallest absolute Gasteiger partial charge is 0.191 e. The summed E-state index contributed by atoms with van der Waals surface area (Å²) in [4.78, 5) is 12.5. The summed E-state index contributed by atoms with van der Waals surface area (Å²) in [5, 5.41) is 18.2. The van der Waals surface area contributed by atoms with E-state index in [1.807, 2.05) is 13.1 Å². The van der Waals surface area contributed by atoms with Gasteiger partial charge in [-0.25, -0.2) is 4.98 Å². The average molecular weight is 529 g/mol. The molecular weight excluding hydrogens is 497 g/mol. The van der Waals surface area contributed by atoms with Gasteiger partial charge in [-0.05, 0) is 31.4 Å². The standard InChI is InChI=1S/C21H31N5OS.HI/c1-3-22-21(23-10-8-20-24-12-16(2)28-20)25-13-19(27)15-26-11-9-17-6-4-5-7-18(17)14-26;/h4-7,12,19,27H,3,8-11,13-15H2,1-2H3,(H2,22,23,25);1H. The topological polar surface area (TPSA) is 72.8 Å². The number of aliphatic hydroxyl groups excluding tert-OH is 1. The molecule has 160 valence electrons. The molecule has 0 bridgehead atoms. The van der Waals surface area contributed by atoms with Gasteiger partial charge in [-0.3, -0.25) is 9.89 Å². The van der Waals surface area contributed by atoms with Crippen LogP contribution in [-0.4, -0.2) is 59.8 Å². The number of fused-ring (bicyclic) bond motifs is 1. The number of guanidine groups is 1. The van der Waals surface area contributed by atoms with Crippen LogP contribution in [0, 0.1) is 6.92 Å². The Bertz CT molecular complexity index is 782. The van der Waals surface area contributed by atoms with Crippen molar-refractivity contribution in [1.29, 1.82) is 0 Å². The second-order valence-corrected chi connectivity index (χ2v) is 8.49. The van der Waals surface area contributed by atoms with Crippen molar-refractivity contribution < 1.29 is 5.11 Å². The highest BCUT2D eigenvalue weighted by Crippen LogP contribution is 2.18. The van der Waals surface area contributed by atoms with E-state index in [0.717, 1.165) is 50.0 Å². The van der Waals surface area contributed by atoms with Gasteiger partial charge in [-0.1, -0.05) is 24.3 Å². The van der Waals surface area contributed by atoms with Gasteiger partial charge >= 0.3 is 0 Å². The van der Waals surface area contributed by atoms with Gasteiger partial charge in [0.2, 0.25) is 0 Å². The van der Waals surface area contributed by atoms with Crippen LogP contribution in [0.2, 0.25) is 0 Å². The highest BCUT2D eigenvalue weighted by molar-refractivity contribution is 14.0. The molecule has 6 nitrogen and oxygen atoms in total. The van der Waals surface area contributed by atoms with Crippen LogP contribution in [0.1, 0.15) is 27.9 Å². The summed E-state index contributed by atoms with van der Waals surface area (Å²) < 4.78 is 0. The molecule has 0 radical (unpaired) electrons. The van der Waals surface area contributed by atoms with Gasteiger partial charge in [0.15, 0.2) is 5.96 Å². The number of nitrogens with one attached hydrogen (secondary N) is 2. The maximum atomic E-state index is 10.5. The second-order valence-electron chi connectivity index (χ2n) is 7.17. The lowest BCUT2D eigenvalue weighted by Crippen LogP contribution is -2.40. The number of halogens is 1. The Hall–Kier alpha value is -1.23. The first-order valence-corrected chi connectivity index (χ1v) is 10.9. The molecule has 1 atom stereocenters. The predicted octanol–water partition coefficient (Wildman–Crippen LogP) is 2.59. The van der Waals surface area contributed by atoms with Crippen LogP contribution in [0.4, 0.5) is 0 Å². The van der Waals surface area contributed by atoms with Gasteiger partial charge in [-0.15, -0.1) is 35.3 Å². The summed E-state index contributed by atoms with van der Waals surface area (Å²) >= 11 is 1.73. The van der Waals surface area contributed by atoms with Crippen LogP contribution in [0.3, 0.4) is 0 Å². The normalized spacial score (nSPS) is 15.3. The number of β-amino-alcohol motifs (C(OH)–C–C–N with tert-alkyl or cyclic N) is 1. The summed E-state index contributed by atoms with van der Waals surface area (Å²) in [6.07, 6.45) is 3.36. The van der Waals surface area contributed by atoms with Crippen LogP contribution in [0.15, 0.2) is 35.5 Å². The monoisotopic (exact) mass is 529 g/mol. The summed E-state index contributed by atoms with van der Waals surface area (Å²) in [5.41, 5.74) is 2.80. The maximum Gasteiger partial charge on any atom is 0.191 e. The lowest BCUT2D eigenvalue weighted by Gasteiger charge is -2.30. The van der Waals surface area contributed by atoms with Crippen LogP contribution < -0.4 is 10.6 Å². The Morgan fingerprint density at radius 3 is 2.83 bits per heavy atom. The van der Waals surface area contributed by atoms with E-state index in [2.05, 4.69) is 56.7 Å². The quantitative estimate of drug-likeness (QED) is 0.279. The molecule has 0 saturated heterocycles. The molecule has 1 aromatic carbocycles. The molecule has 29 heavy (non-hydrogen) atoms. The molecular formula is C21H32IN5OS. The summed E-state index contributed by atoms with van der Waals surface area (Å²) in [5.74, 6) is 0.749. The molecule has 2 heterocycles. The minimum atomic E-state index is -0.470. The van der Waals surface area contributed by atoms with Crippen molar-refractivity contribution in [2.24, 2.45) is 4.99 Å². The van der Waals surface area contributed by atoms with Crippen LogP contribution in [0.25, 0.3) is 0 Å². The number of nitrogens with zero attached hydrogens (tertiary/aromatic N) is 3. The molecule has 2 aromatic rings. The summed E-state index contributed by atoms with van der Waals surface area (Å²) in [6.45, 7) is 8.62. The van der Waals surface area contributed by atoms with Crippen LogP contribution >= 0.6 is 35.3 Å². The van der Waals surface area contributed by atoms with E-state index in [1.54, 1.807) is 11.3 Å². The van der Waals surface area contributed by atoms with Crippen LogP contribution in [-0.2, 0) is 19.4 Å². The molecule has 3 N–H and O–H groups in total. The van der Waals surface area contributed by atoms with Crippen molar-refractivity contribution >= 4 is 41.3 Å².